The molecule has 1 rings (SSSR count). The van der Waals surface area contributed by atoms with Crippen molar-refractivity contribution in [2.24, 2.45) is 0 Å². The van der Waals surface area contributed by atoms with Gasteiger partial charge in [-0.2, -0.15) is 0 Å². The highest BCUT2D eigenvalue weighted by Crippen LogP contribution is 2.13. The predicted octanol–water partition coefficient (Wildman–Crippen LogP) is 2.17. The van der Waals surface area contributed by atoms with Crippen molar-refractivity contribution in [1.82, 2.24) is 15.5 Å². The van der Waals surface area contributed by atoms with Crippen LogP contribution in [0.4, 0.5) is 15.3 Å². The van der Waals surface area contributed by atoms with Gasteiger partial charge in [-0.3, -0.25) is 20.7 Å². The number of nitrogens with zero attached hydrogens (tertiary/aromatic N) is 2. The molecule has 1 unspecified atom stereocenters. The highest BCUT2D eigenvalue weighted by Gasteiger charge is 2.25. The molecule has 2 N–H and O–H groups in total. The molecule has 32 heavy (non-hydrogen) atoms. The highest BCUT2D eigenvalue weighted by molar-refractivity contribution is 5.80. The molecular formula is C20H30N4O8. The van der Waals surface area contributed by atoms with E-state index < -0.39 is 34.8 Å². The third-order valence-electron chi connectivity index (χ3n) is 3.98. The first-order valence-corrected chi connectivity index (χ1v) is 9.92. The number of non-ortho nitro benzene ring substituents is 1. The minimum atomic E-state index is -1.16. The lowest BCUT2D eigenvalue weighted by Crippen LogP contribution is -2.54. The number of esters is 1. The Labute approximate surface area is 186 Å². The zero-order valence-corrected chi connectivity index (χ0v) is 18.9. The van der Waals surface area contributed by atoms with Crippen molar-refractivity contribution in [2.75, 3.05) is 26.7 Å². The van der Waals surface area contributed by atoms with E-state index in [-0.39, 0.29) is 25.4 Å². The van der Waals surface area contributed by atoms with Crippen LogP contribution >= 0.6 is 0 Å². The first-order chi connectivity index (χ1) is 15.0. The van der Waals surface area contributed by atoms with E-state index in [0.717, 1.165) is 0 Å². The average Bonchev–Trinajstić information content (AvgIpc) is 2.72. The average molecular weight is 454 g/mol. The molecule has 2 amide bonds. The lowest BCUT2D eigenvalue weighted by atomic mass is 10.2. The van der Waals surface area contributed by atoms with Crippen LogP contribution in [0.2, 0.25) is 0 Å². The number of hydrogen-bond acceptors (Lipinski definition) is 9. The molecule has 1 aromatic carbocycles. The van der Waals surface area contributed by atoms with E-state index >= 15 is 0 Å². The summed E-state index contributed by atoms with van der Waals surface area (Å²) in [5.74, 6) is -0.723. The fraction of sp³-hybridized carbons (Fsp3) is 0.550. The molecule has 0 spiro atoms. The number of nitro benzene ring substituents is 1. The summed E-state index contributed by atoms with van der Waals surface area (Å²) < 4.78 is 15.0. The second kappa shape index (κ2) is 12.4. The molecule has 0 fully saturated rings. The third-order valence-corrected chi connectivity index (χ3v) is 3.98. The van der Waals surface area contributed by atoms with E-state index in [4.69, 9.17) is 9.47 Å². The molecular weight excluding hydrogens is 424 g/mol. The molecule has 12 heteroatoms. The summed E-state index contributed by atoms with van der Waals surface area (Å²) in [6, 6.07) is 5.67. The molecule has 12 nitrogen and oxygen atoms in total. The molecule has 0 radical (unpaired) electrons. The van der Waals surface area contributed by atoms with Crippen LogP contribution in [0.25, 0.3) is 0 Å². The van der Waals surface area contributed by atoms with E-state index in [0.29, 0.717) is 12.1 Å². The Balaban J connectivity index is 2.55. The van der Waals surface area contributed by atoms with Crippen LogP contribution in [-0.2, 0) is 25.6 Å². The Bertz CT molecular complexity index is 792. The number of benzene rings is 1. The predicted molar refractivity (Wildman–Crippen MR) is 114 cm³/mol. The summed E-state index contributed by atoms with van der Waals surface area (Å²) >= 11 is 0. The molecule has 0 saturated heterocycles. The smallest absolute Gasteiger partial charge is 0.410 e. The summed E-state index contributed by atoms with van der Waals surface area (Å²) in [4.78, 5) is 47.7. The minimum Gasteiger partial charge on any atom is -0.466 e. The zero-order chi connectivity index (χ0) is 24.3. The summed E-state index contributed by atoms with van der Waals surface area (Å²) in [6.07, 6.45) is -2.55. The summed E-state index contributed by atoms with van der Waals surface area (Å²) in [7, 11) is 1.18. The van der Waals surface area contributed by atoms with Crippen LogP contribution in [0.3, 0.4) is 0 Å². The molecule has 178 valence electrons. The number of alkyl carbamates (subject to hydrolysis) is 1. The Hall–Kier alpha value is -3.41. The number of carbonyl (C=O) groups is 3. The van der Waals surface area contributed by atoms with Crippen LogP contribution in [0.1, 0.15) is 33.3 Å². The van der Waals surface area contributed by atoms with Gasteiger partial charge in [0.1, 0.15) is 12.2 Å². The SMILES string of the molecule is CCN(CCNC(NC(=O)OC(C)(C)C)C(=O)OC)C(=O)OCc1ccc([N+](=O)[O-])cc1. The second-order valence-electron chi connectivity index (χ2n) is 7.61. The van der Waals surface area contributed by atoms with Gasteiger partial charge < -0.3 is 19.1 Å². The van der Waals surface area contributed by atoms with Crippen LogP contribution in [-0.4, -0.2) is 66.5 Å². The van der Waals surface area contributed by atoms with Crippen molar-refractivity contribution in [1.29, 1.82) is 0 Å². The molecule has 1 atom stereocenters. The number of hydrogen-bond donors (Lipinski definition) is 2. The van der Waals surface area contributed by atoms with Gasteiger partial charge in [0.2, 0.25) is 0 Å². The van der Waals surface area contributed by atoms with Crippen LogP contribution in [0.5, 0.6) is 0 Å². The number of carbonyl (C=O) groups excluding carboxylic acids is 3. The standard InChI is InChI=1S/C20H30N4O8/c1-6-23(19(27)31-13-14-7-9-15(10-8-14)24(28)29)12-11-21-16(17(25)30-5)22-18(26)32-20(2,3)4/h7-10,16,21H,6,11-13H2,1-5H3,(H,22,26). The molecule has 1 aromatic rings. The highest BCUT2D eigenvalue weighted by atomic mass is 16.6. The van der Waals surface area contributed by atoms with Gasteiger partial charge in [-0.15, -0.1) is 0 Å². The normalized spacial score (nSPS) is 11.8. The maximum absolute atomic E-state index is 12.3. The number of nitro groups is 1. The number of ether oxygens (including phenoxy) is 3. The third kappa shape index (κ3) is 9.60. The Morgan fingerprint density at radius 2 is 1.81 bits per heavy atom. The molecule has 0 aliphatic rings. The largest absolute Gasteiger partial charge is 0.466 e. The van der Waals surface area contributed by atoms with Crippen LogP contribution in [0, 0.1) is 10.1 Å². The molecule has 0 aliphatic carbocycles. The summed E-state index contributed by atoms with van der Waals surface area (Å²) in [5.41, 5.74) is -0.191. The quantitative estimate of drug-likeness (QED) is 0.178. The van der Waals surface area contributed by atoms with E-state index in [9.17, 15) is 24.5 Å². The van der Waals surface area contributed by atoms with Crippen LogP contribution < -0.4 is 10.6 Å². The Kier molecular flexibility index (Phi) is 10.4. The van der Waals surface area contributed by atoms with Gasteiger partial charge in [0, 0.05) is 31.8 Å². The Morgan fingerprint density at radius 1 is 1.19 bits per heavy atom. The maximum atomic E-state index is 12.3. The Morgan fingerprint density at radius 3 is 2.31 bits per heavy atom. The second-order valence-corrected chi connectivity index (χ2v) is 7.61. The number of amides is 2. The van der Waals surface area contributed by atoms with Crippen molar-refractivity contribution >= 4 is 23.8 Å². The summed E-state index contributed by atoms with van der Waals surface area (Å²) in [6.45, 7) is 7.44. The number of likely N-dealkylation sites (N-methyl/N-ethyl adjacent to an activating group) is 1. The minimum absolute atomic E-state index is 0.0499. The number of methoxy groups -OCH3 is 1. The van der Waals surface area contributed by atoms with E-state index in [1.165, 1.54) is 36.3 Å². The van der Waals surface area contributed by atoms with Gasteiger partial charge in [-0.05, 0) is 45.4 Å². The first kappa shape index (κ1) is 26.6. The first-order valence-electron chi connectivity index (χ1n) is 9.92. The van der Waals surface area contributed by atoms with Gasteiger partial charge in [0.25, 0.3) is 5.69 Å². The van der Waals surface area contributed by atoms with Crippen molar-refractivity contribution in [2.45, 2.75) is 46.1 Å². The molecule has 0 bridgehead atoms. The van der Waals surface area contributed by atoms with E-state index in [1.807, 2.05) is 0 Å². The lowest BCUT2D eigenvalue weighted by molar-refractivity contribution is -0.384. The van der Waals surface area contributed by atoms with Gasteiger partial charge in [-0.25, -0.2) is 14.4 Å². The van der Waals surface area contributed by atoms with E-state index in [1.54, 1.807) is 27.7 Å². The molecule has 0 heterocycles. The fourth-order valence-corrected chi connectivity index (χ4v) is 2.41. The molecule has 0 aliphatic heterocycles. The monoisotopic (exact) mass is 454 g/mol. The number of nitrogens with one attached hydrogen (secondary N) is 2. The van der Waals surface area contributed by atoms with Gasteiger partial charge >= 0.3 is 18.2 Å². The van der Waals surface area contributed by atoms with Crippen LogP contribution in [0.15, 0.2) is 24.3 Å². The maximum Gasteiger partial charge on any atom is 0.410 e. The van der Waals surface area contributed by atoms with Crippen molar-refractivity contribution in [3.05, 3.63) is 39.9 Å². The zero-order valence-electron chi connectivity index (χ0n) is 18.9. The van der Waals surface area contributed by atoms with Crippen molar-refractivity contribution in [3.8, 4) is 0 Å². The van der Waals surface area contributed by atoms with E-state index in [2.05, 4.69) is 15.4 Å². The summed E-state index contributed by atoms with van der Waals surface area (Å²) in [5, 5.41) is 15.9. The van der Waals surface area contributed by atoms with Gasteiger partial charge in [0.15, 0.2) is 6.17 Å². The lowest BCUT2D eigenvalue weighted by Gasteiger charge is -2.24. The number of rotatable bonds is 10. The van der Waals surface area contributed by atoms with Gasteiger partial charge in [0.05, 0.1) is 12.0 Å². The molecule has 0 aromatic heterocycles. The van der Waals surface area contributed by atoms with Crippen molar-refractivity contribution in [3.63, 3.8) is 0 Å². The topological polar surface area (TPSA) is 149 Å². The fourth-order valence-electron chi connectivity index (χ4n) is 2.41. The van der Waals surface area contributed by atoms with Gasteiger partial charge in [-0.1, -0.05) is 0 Å². The molecule has 0 saturated carbocycles. The van der Waals surface area contributed by atoms with Crippen molar-refractivity contribution < 1.29 is 33.5 Å².